The maximum Gasteiger partial charge on any atom is 0.272 e. The highest BCUT2D eigenvalue weighted by Gasteiger charge is 2.29. The van der Waals surface area contributed by atoms with Gasteiger partial charge >= 0.3 is 0 Å². The Bertz CT molecular complexity index is 841. The van der Waals surface area contributed by atoms with Gasteiger partial charge in [-0.1, -0.05) is 6.07 Å². The number of aromatic amines is 1. The molecule has 0 aliphatic carbocycles. The average molecular weight is 369 g/mol. The second-order valence-corrected chi connectivity index (χ2v) is 7.57. The predicted molar refractivity (Wildman–Crippen MR) is 103 cm³/mol. The van der Waals surface area contributed by atoms with Gasteiger partial charge in [0, 0.05) is 42.9 Å². The third-order valence-corrected chi connectivity index (χ3v) is 5.39. The van der Waals surface area contributed by atoms with Gasteiger partial charge in [0.2, 0.25) is 0 Å². The minimum absolute atomic E-state index is 0.0686. The molecule has 0 aromatic carbocycles. The van der Waals surface area contributed by atoms with E-state index >= 15 is 0 Å². The molecule has 2 aliphatic rings. The molecule has 4 rings (SSSR count). The number of carbonyl (C=O) groups is 1. The summed E-state index contributed by atoms with van der Waals surface area (Å²) in [7, 11) is 0. The zero-order valence-electron chi connectivity index (χ0n) is 16.2. The number of hydrogen-bond donors (Lipinski definition) is 2. The van der Waals surface area contributed by atoms with Crippen LogP contribution in [0.1, 0.15) is 65.8 Å². The first-order valence-corrected chi connectivity index (χ1v) is 9.75. The standard InChI is InChI=1S/C20H27N5O2/c1-12-6-7-15(19(22-12)25-8-4-5-9-25)11-21-20(26)18-16-10-13(2)27-14(3)17(16)23-24-18/h6-7,13-14H,4-5,8-11H2,1-3H3,(H,21,26)(H,23,24)/t13-,14+/m1/s1. The molecule has 1 amide bonds. The summed E-state index contributed by atoms with van der Waals surface area (Å²) in [4.78, 5) is 19.8. The van der Waals surface area contributed by atoms with Crippen LogP contribution in [0.2, 0.25) is 0 Å². The van der Waals surface area contributed by atoms with Crippen molar-refractivity contribution < 1.29 is 9.53 Å². The third kappa shape index (κ3) is 3.56. The first-order chi connectivity index (χ1) is 13.0. The Balaban J connectivity index is 1.51. The number of nitrogens with zero attached hydrogens (tertiary/aromatic N) is 3. The molecule has 0 spiro atoms. The third-order valence-electron chi connectivity index (χ3n) is 5.39. The molecule has 0 radical (unpaired) electrons. The van der Waals surface area contributed by atoms with Gasteiger partial charge in [-0.05, 0) is 39.7 Å². The Morgan fingerprint density at radius 2 is 2.11 bits per heavy atom. The lowest BCUT2D eigenvalue weighted by Crippen LogP contribution is -2.29. The van der Waals surface area contributed by atoms with Gasteiger partial charge in [-0.3, -0.25) is 9.89 Å². The van der Waals surface area contributed by atoms with Gasteiger partial charge in [0.25, 0.3) is 5.91 Å². The van der Waals surface area contributed by atoms with Gasteiger partial charge in [-0.2, -0.15) is 5.10 Å². The molecule has 1 fully saturated rings. The van der Waals surface area contributed by atoms with E-state index in [0.717, 1.165) is 41.4 Å². The number of pyridine rings is 1. The minimum atomic E-state index is -0.151. The molecular weight excluding hydrogens is 342 g/mol. The number of carbonyl (C=O) groups excluding carboxylic acids is 1. The van der Waals surface area contributed by atoms with Crippen molar-refractivity contribution in [1.29, 1.82) is 0 Å². The van der Waals surface area contributed by atoms with Crippen molar-refractivity contribution in [3.8, 4) is 0 Å². The van der Waals surface area contributed by atoms with Crippen LogP contribution in [-0.2, 0) is 17.7 Å². The number of rotatable bonds is 4. The number of H-pyrrole nitrogens is 1. The van der Waals surface area contributed by atoms with Crippen molar-refractivity contribution in [2.75, 3.05) is 18.0 Å². The molecule has 4 heterocycles. The minimum Gasteiger partial charge on any atom is -0.369 e. The quantitative estimate of drug-likeness (QED) is 0.866. The highest BCUT2D eigenvalue weighted by atomic mass is 16.5. The molecule has 2 aliphatic heterocycles. The fraction of sp³-hybridized carbons (Fsp3) is 0.550. The second kappa shape index (κ2) is 7.31. The van der Waals surface area contributed by atoms with Crippen LogP contribution in [-0.4, -0.2) is 40.3 Å². The topological polar surface area (TPSA) is 83.1 Å². The molecule has 7 nitrogen and oxygen atoms in total. The summed E-state index contributed by atoms with van der Waals surface area (Å²) >= 11 is 0. The fourth-order valence-electron chi connectivity index (χ4n) is 4.03. The molecule has 27 heavy (non-hydrogen) atoms. The van der Waals surface area contributed by atoms with Crippen molar-refractivity contribution in [1.82, 2.24) is 20.5 Å². The molecular formula is C20H27N5O2. The molecule has 7 heteroatoms. The van der Waals surface area contributed by atoms with E-state index in [4.69, 9.17) is 9.72 Å². The summed E-state index contributed by atoms with van der Waals surface area (Å²) in [6.45, 7) is 8.51. The SMILES string of the molecule is Cc1ccc(CNC(=O)c2n[nH]c3c2C[C@@H](C)O[C@H]3C)c(N2CCCC2)n1. The van der Waals surface area contributed by atoms with Gasteiger partial charge in [0.05, 0.1) is 17.9 Å². The van der Waals surface area contributed by atoms with Crippen LogP contribution in [0.15, 0.2) is 12.1 Å². The number of anilines is 1. The van der Waals surface area contributed by atoms with Crippen LogP contribution < -0.4 is 10.2 Å². The van der Waals surface area contributed by atoms with Crippen LogP contribution in [0.25, 0.3) is 0 Å². The lowest BCUT2D eigenvalue weighted by Gasteiger charge is -2.25. The highest BCUT2D eigenvalue weighted by molar-refractivity contribution is 5.94. The summed E-state index contributed by atoms with van der Waals surface area (Å²) in [6, 6.07) is 4.06. The highest BCUT2D eigenvalue weighted by Crippen LogP contribution is 2.30. The number of nitrogens with one attached hydrogen (secondary N) is 2. The van der Waals surface area contributed by atoms with Crippen molar-refractivity contribution >= 4 is 11.7 Å². The Hall–Kier alpha value is -2.41. The molecule has 0 bridgehead atoms. The van der Waals surface area contributed by atoms with E-state index in [1.165, 1.54) is 12.8 Å². The summed E-state index contributed by atoms with van der Waals surface area (Å²) in [5.41, 5.74) is 4.41. The maximum absolute atomic E-state index is 12.8. The van der Waals surface area contributed by atoms with Gasteiger partial charge < -0.3 is 15.0 Å². The first-order valence-electron chi connectivity index (χ1n) is 9.75. The number of aromatic nitrogens is 3. The smallest absolute Gasteiger partial charge is 0.272 e. The largest absolute Gasteiger partial charge is 0.369 e. The van der Waals surface area contributed by atoms with E-state index < -0.39 is 0 Å². The number of hydrogen-bond acceptors (Lipinski definition) is 5. The van der Waals surface area contributed by atoms with Crippen molar-refractivity contribution in [3.63, 3.8) is 0 Å². The predicted octanol–water partition coefficient (Wildman–Crippen LogP) is 2.67. The normalized spacial score (nSPS) is 22.0. The van der Waals surface area contributed by atoms with Gasteiger partial charge in [-0.15, -0.1) is 0 Å². The van der Waals surface area contributed by atoms with Crippen LogP contribution >= 0.6 is 0 Å². The molecule has 2 aromatic heterocycles. The Labute approximate surface area is 159 Å². The lowest BCUT2D eigenvalue weighted by molar-refractivity contribution is -0.00697. The molecule has 0 unspecified atom stereocenters. The van der Waals surface area contributed by atoms with Crippen LogP contribution in [0.3, 0.4) is 0 Å². The molecule has 1 saturated heterocycles. The summed E-state index contributed by atoms with van der Waals surface area (Å²) in [5, 5.41) is 10.3. The molecule has 144 valence electrons. The zero-order chi connectivity index (χ0) is 19.0. The lowest BCUT2D eigenvalue weighted by atomic mass is 9.99. The van der Waals surface area contributed by atoms with E-state index in [2.05, 4.69) is 26.5 Å². The van der Waals surface area contributed by atoms with Gasteiger partial charge in [-0.25, -0.2) is 4.98 Å². The monoisotopic (exact) mass is 369 g/mol. The Morgan fingerprint density at radius 3 is 2.89 bits per heavy atom. The van der Waals surface area contributed by atoms with E-state index in [1.807, 2.05) is 26.8 Å². The number of aryl methyl sites for hydroxylation is 1. The van der Waals surface area contributed by atoms with Crippen LogP contribution in [0, 0.1) is 6.92 Å². The first kappa shape index (κ1) is 18.0. The molecule has 2 N–H and O–H groups in total. The zero-order valence-corrected chi connectivity index (χ0v) is 16.2. The maximum atomic E-state index is 12.8. The van der Waals surface area contributed by atoms with E-state index in [1.54, 1.807) is 0 Å². The van der Waals surface area contributed by atoms with Crippen molar-refractivity contribution in [2.45, 2.75) is 58.8 Å². The molecule has 2 atom stereocenters. The fourth-order valence-corrected chi connectivity index (χ4v) is 4.03. The number of ether oxygens (including phenoxy) is 1. The summed E-state index contributed by atoms with van der Waals surface area (Å²) in [6.07, 6.45) is 3.10. The van der Waals surface area contributed by atoms with Gasteiger partial charge in [0.15, 0.2) is 5.69 Å². The number of fused-ring (bicyclic) bond motifs is 1. The Kier molecular flexibility index (Phi) is 4.86. The van der Waals surface area contributed by atoms with Gasteiger partial charge in [0.1, 0.15) is 5.82 Å². The summed E-state index contributed by atoms with van der Waals surface area (Å²) < 4.78 is 5.80. The van der Waals surface area contributed by atoms with Crippen LogP contribution in [0.4, 0.5) is 5.82 Å². The second-order valence-electron chi connectivity index (χ2n) is 7.57. The van der Waals surface area contributed by atoms with E-state index in [0.29, 0.717) is 18.7 Å². The average Bonchev–Trinajstić information content (AvgIpc) is 3.30. The van der Waals surface area contributed by atoms with Crippen molar-refractivity contribution in [2.24, 2.45) is 0 Å². The number of amides is 1. The molecule has 0 saturated carbocycles. The van der Waals surface area contributed by atoms with E-state index in [-0.39, 0.29) is 18.1 Å². The van der Waals surface area contributed by atoms with Crippen LogP contribution in [0.5, 0.6) is 0 Å². The Morgan fingerprint density at radius 1 is 1.33 bits per heavy atom. The molecule has 2 aromatic rings. The summed E-state index contributed by atoms with van der Waals surface area (Å²) in [5.74, 6) is 0.842. The van der Waals surface area contributed by atoms with Crippen molar-refractivity contribution in [3.05, 3.63) is 40.3 Å². The van der Waals surface area contributed by atoms with E-state index in [9.17, 15) is 4.79 Å².